The second kappa shape index (κ2) is 13.8. The van der Waals surface area contributed by atoms with E-state index in [9.17, 15) is 4.79 Å². The minimum absolute atomic E-state index is 0. The summed E-state index contributed by atoms with van der Waals surface area (Å²) in [6, 6.07) is 7.85. The van der Waals surface area contributed by atoms with Crippen molar-refractivity contribution >= 4 is 41.7 Å². The third-order valence-corrected chi connectivity index (χ3v) is 4.97. The maximum Gasteiger partial charge on any atom is 0.412 e. The summed E-state index contributed by atoms with van der Waals surface area (Å²) in [6.45, 7) is 15.9. The van der Waals surface area contributed by atoms with Crippen LogP contribution in [-0.2, 0) is 11.2 Å². The Labute approximate surface area is 204 Å². The molecule has 1 atom stereocenters. The number of ether oxygens (including phenoxy) is 1. The first-order valence-corrected chi connectivity index (χ1v) is 11.1. The van der Waals surface area contributed by atoms with Gasteiger partial charge in [0.2, 0.25) is 0 Å². The zero-order valence-electron chi connectivity index (χ0n) is 19.7. The number of nitrogens with zero attached hydrogens (tertiary/aromatic N) is 2. The summed E-state index contributed by atoms with van der Waals surface area (Å²) in [4.78, 5) is 19.1. The number of likely N-dealkylation sites (tertiary alicyclic amines) is 1. The van der Waals surface area contributed by atoms with Crippen molar-refractivity contribution in [3.8, 4) is 0 Å². The lowest BCUT2D eigenvalue weighted by Crippen LogP contribution is -2.38. The summed E-state index contributed by atoms with van der Waals surface area (Å²) in [7, 11) is 0. The molecule has 31 heavy (non-hydrogen) atoms. The van der Waals surface area contributed by atoms with E-state index in [1.807, 2.05) is 45.0 Å². The smallest absolute Gasteiger partial charge is 0.412 e. The molecular formula is C23H40IN5O2. The Morgan fingerprint density at radius 3 is 2.48 bits per heavy atom. The Morgan fingerprint density at radius 1 is 1.19 bits per heavy atom. The Kier molecular flexibility index (Phi) is 12.2. The van der Waals surface area contributed by atoms with Gasteiger partial charge in [-0.3, -0.25) is 10.3 Å². The van der Waals surface area contributed by atoms with Gasteiger partial charge in [0.15, 0.2) is 5.96 Å². The molecule has 1 fully saturated rings. The molecule has 3 N–H and O–H groups in total. The molecule has 1 aromatic carbocycles. The highest BCUT2D eigenvalue weighted by Gasteiger charge is 2.20. The van der Waals surface area contributed by atoms with Crippen molar-refractivity contribution in [2.24, 2.45) is 10.9 Å². The molecule has 1 saturated heterocycles. The Bertz CT molecular complexity index is 688. The molecule has 1 heterocycles. The number of carbonyl (C=O) groups is 1. The molecule has 0 radical (unpaired) electrons. The van der Waals surface area contributed by atoms with Crippen molar-refractivity contribution in [3.63, 3.8) is 0 Å². The van der Waals surface area contributed by atoms with Crippen LogP contribution in [0.25, 0.3) is 0 Å². The van der Waals surface area contributed by atoms with Crippen LogP contribution in [-0.4, -0.2) is 61.8 Å². The molecule has 176 valence electrons. The van der Waals surface area contributed by atoms with Crippen LogP contribution in [0.15, 0.2) is 29.3 Å². The SMILES string of the molecule is CCNC(=NCC1CCN(CC)C1)NCCc1ccc(NC(=O)OC(C)(C)C)cc1.I. The molecule has 1 aliphatic rings. The van der Waals surface area contributed by atoms with Crippen molar-refractivity contribution in [3.05, 3.63) is 29.8 Å². The molecule has 7 nitrogen and oxygen atoms in total. The Morgan fingerprint density at radius 2 is 1.90 bits per heavy atom. The van der Waals surface area contributed by atoms with Crippen LogP contribution in [0.5, 0.6) is 0 Å². The van der Waals surface area contributed by atoms with Crippen molar-refractivity contribution < 1.29 is 9.53 Å². The maximum atomic E-state index is 11.8. The molecule has 1 aromatic rings. The lowest BCUT2D eigenvalue weighted by atomic mass is 10.1. The predicted molar refractivity (Wildman–Crippen MR) is 140 cm³/mol. The van der Waals surface area contributed by atoms with Gasteiger partial charge in [-0.05, 0) is 77.2 Å². The van der Waals surface area contributed by atoms with E-state index in [1.54, 1.807) is 0 Å². The fourth-order valence-corrected chi connectivity index (χ4v) is 3.41. The second-order valence-electron chi connectivity index (χ2n) is 8.77. The molecule has 8 heteroatoms. The van der Waals surface area contributed by atoms with E-state index in [2.05, 4.69) is 34.7 Å². The number of benzene rings is 1. The molecule has 0 spiro atoms. The predicted octanol–water partition coefficient (Wildman–Crippen LogP) is 4.09. The first-order valence-electron chi connectivity index (χ1n) is 11.1. The van der Waals surface area contributed by atoms with Gasteiger partial charge in [0.25, 0.3) is 0 Å². The number of carbonyl (C=O) groups excluding carboxylic acids is 1. The number of hydrogen-bond acceptors (Lipinski definition) is 4. The van der Waals surface area contributed by atoms with Crippen LogP contribution in [0.3, 0.4) is 0 Å². The average molecular weight is 546 g/mol. The summed E-state index contributed by atoms with van der Waals surface area (Å²) >= 11 is 0. The number of rotatable bonds is 8. The summed E-state index contributed by atoms with van der Waals surface area (Å²) in [5, 5.41) is 9.52. The number of halogens is 1. The van der Waals surface area contributed by atoms with Gasteiger partial charge < -0.3 is 20.3 Å². The standard InChI is InChI=1S/C23H39N5O2.HI/c1-6-24-21(26-16-19-13-15-28(7-2)17-19)25-14-12-18-8-10-20(11-9-18)27-22(29)30-23(3,4)5;/h8-11,19H,6-7,12-17H2,1-5H3,(H,27,29)(H2,24,25,26);1H. The maximum absolute atomic E-state index is 11.8. The van der Waals surface area contributed by atoms with Gasteiger partial charge in [-0.25, -0.2) is 4.79 Å². The fourth-order valence-electron chi connectivity index (χ4n) is 3.41. The minimum Gasteiger partial charge on any atom is -0.444 e. The van der Waals surface area contributed by atoms with Crippen LogP contribution < -0.4 is 16.0 Å². The number of guanidine groups is 1. The highest BCUT2D eigenvalue weighted by Crippen LogP contribution is 2.16. The van der Waals surface area contributed by atoms with E-state index >= 15 is 0 Å². The fraction of sp³-hybridized carbons (Fsp3) is 0.652. The Hall–Kier alpha value is -1.55. The van der Waals surface area contributed by atoms with Gasteiger partial charge >= 0.3 is 6.09 Å². The lowest BCUT2D eigenvalue weighted by Gasteiger charge is -2.19. The third-order valence-electron chi connectivity index (χ3n) is 4.97. The Balaban J connectivity index is 0.00000480. The van der Waals surface area contributed by atoms with Gasteiger partial charge in [-0.15, -0.1) is 24.0 Å². The monoisotopic (exact) mass is 545 g/mol. The molecule has 1 amide bonds. The first kappa shape index (κ1) is 27.5. The highest BCUT2D eigenvalue weighted by atomic mass is 127. The molecule has 0 bridgehead atoms. The van der Waals surface area contributed by atoms with Crippen LogP contribution in [0, 0.1) is 5.92 Å². The van der Waals surface area contributed by atoms with Crippen molar-refractivity contribution in [2.45, 2.75) is 53.1 Å². The van der Waals surface area contributed by atoms with Gasteiger partial charge in [-0.1, -0.05) is 19.1 Å². The van der Waals surface area contributed by atoms with Gasteiger partial charge in [0, 0.05) is 31.9 Å². The largest absolute Gasteiger partial charge is 0.444 e. The molecule has 0 saturated carbocycles. The molecule has 1 aliphatic heterocycles. The van der Waals surface area contributed by atoms with E-state index in [1.165, 1.54) is 18.5 Å². The van der Waals surface area contributed by atoms with Crippen LogP contribution in [0.2, 0.25) is 0 Å². The normalized spacial score (nSPS) is 17.1. The second-order valence-corrected chi connectivity index (χ2v) is 8.77. The molecule has 0 aromatic heterocycles. The van der Waals surface area contributed by atoms with E-state index in [4.69, 9.17) is 9.73 Å². The number of anilines is 1. The topological polar surface area (TPSA) is 78.0 Å². The van der Waals surface area contributed by atoms with Crippen LogP contribution >= 0.6 is 24.0 Å². The quantitative estimate of drug-likeness (QED) is 0.261. The van der Waals surface area contributed by atoms with Gasteiger partial charge in [-0.2, -0.15) is 0 Å². The van der Waals surface area contributed by atoms with E-state index in [-0.39, 0.29) is 24.0 Å². The number of amides is 1. The highest BCUT2D eigenvalue weighted by molar-refractivity contribution is 14.0. The zero-order chi connectivity index (χ0) is 22.0. The average Bonchev–Trinajstić information content (AvgIpc) is 3.14. The van der Waals surface area contributed by atoms with Crippen molar-refractivity contribution in [1.29, 1.82) is 0 Å². The van der Waals surface area contributed by atoms with Gasteiger partial charge in [0.1, 0.15) is 5.60 Å². The molecule has 0 aliphatic carbocycles. The lowest BCUT2D eigenvalue weighted by molar-refractivity contribution is 0.0636. The molecule has 1 unspecified atom stereocenters. The van der Waals surface area contributed by atoms with E-state index in [0.29, 0.717) is 5.92 Å². The summed E-state index contributed by atoms with van der Waals surface area (Å²) in [5.41, 5.74) is 1.42. The van der Waals surface area contributed by atoms with Crippen molar-refractivity contribution in [2.75, 3.05) is 44.6 Å². The zero-order valence-corrected chi connectivity index (χ0v) is 22.0. The number of nitrogens with one attached hydrogen (secondary N) is 3. The summed E-state index contributed by atoms with van der Waals surface area (Å²) in [5.74, 6) is 1.54. The summed E-state index contributed by atoms with van der Waals surface area (Å²) < 4.78 is 5.28. The van der Waals surface area contributed by atoms with E-state index in [0.717, 1.165) is 50.8 Å². The third kappa shape index (κ3) is 11.0. The summed E-state index contributed by atoms with van der Waals surface area (Å²) in [6.07, 6.45) is 1.68. The van der Waals surface area contributed by atoms with Crippen LogP contribution in [0.4, 0.5) is 10.5 Å². The molecular weight excluding hydrogens is 505 g/mol. The van der Waals surface area contributed by atoms with Gasteiger partial charge in [0.05, 0.1) is 0 Å². The first-order chi connectivity index (χ1) is 14.3. The van der Waals surface area contributed by atoms with E-state index < -0.39 is 11.7 Å². The number of hydrogen-bond donors (Lipinski definition) is 3. The van der Waals surface area contributed by atoms with Crippen LogP contribution in [0.1, 0.15) is 46.6 Å². The number of aliphatic imine (C=N–C) groups is 1. The minimum atomic E-state index is -0.505. The van der Waals surface area contributed by atoms with Crippen molar-refractivity contribution in [1.82, 2.24) is 15.5 Å². The molecule has 2 rings (SSSR count).